The van der Waals surface area contributed by atoms with E-state index in [4.69, 9.17) is 29.2 Å². The Morgan fingerprint density at radius 2 is 0.691 bits per heavy atom. The van der Waals surface area contributed by atoms with Crippen LogP contribution in [0.4, 0.5) is 0 Å². The Kier molecular flexibility index (Phi) is 17.3. The summed E-state index contributed by atoms with van der Waals surface area (Å²) < 4.78 is 22.5. The van der Waals surface area contributed by atoms with Gasteiger partial charge in [-0.15, -0.1) is 22.7 Å². The second-order valence-electron chi connectivity index (χ2n) is 29.1. The van der Waals surface area contributed by atoms with Gasteiger partial charge in [-0.05, 0) is 158 Å². The van der Waals surface area contributed by atoms with Gasteiger partial charge in [0.05, 0.1) is 65.1 Å². The predicted octanol–water partition coefficient (Wildman–Crippen LogP) is 25.8. The lowest BCUT2D eigenvalue weighted by Crippen LogP contribution is -2.41. The van der Waals surface area contributed by atoms with E-state index in [1.807, 2.05) is 6.07 Å². The quantitative estimate of drug-likeness (QED) is 0.127. The van der Waals surface area contributed by atoms with Gasteiger partial charge >= 0.3 is 7.12 Å². The minimum absolute atomic E-state index is 0.396. The fraction of sp³-hybridized carbons (Fsp3) is 0.0707. The summed E-state index contributed by atoms with van der Waals surface area (Å²) in [5, 5.41) is 7.19. The number of fused-ring (bicyclic) bond motifs is 12. The molecule has 20 aromatic rings. The molecular weight excluding hydrogens is 1380 g/mol. The van der Waals surface area contributed by atoms with Crippen LogP contribution in [0, 0.1) is 6.92 Å². The molecule has 0 aliphatic carbocycles. The topological polar surface area (TPSA) is 79.9 Å². The van der Waals surface area contributed by atoms with Gasteiger partial charge in [0.1, 0.15) is 0 Å². The van der Waals surface area contributed by atoms with Gasteiger partial charge in [0, 0.05) is 75.3 Å². The Bertz CT molecular complexity index is 6840. The maximum absolute atomic E-state index is 6.51. The van der Waals surface area contributed by atoms with Crippen molar-refractivity contribution in [1.29, 1.82) is 0 Å². The molecule has 0 radical (unpaired) electrons. The summed E-state index contributed by atoms with van der Waals surface area (Å²) in [7, 11) is -0.427. The van der Waals surface area contributed by atoms with Gasteiger partial charge in [-0.25, -0.2) is 19.9 Å². The van der Waals surface area contributed by atoms with Crippen molar-refractivity contribution in [1.82, 2.24) is 29.1 Å². The maximum Gasteiger partial charge on any atom is 0.495 e. The van der Waals surface area contributed by atoms with Crippen LogP contribution >= 0.6 is 22.7 Å². The van der Waals surface area contributed by atoms with Crippen LogP contribution in [0.2, 0.25) is 0 Å². The van der Waals surface area contributed by atoms with Crippen LogP contribution in [0.15, 0.2) is 352 Å². The van der Waals surface area contributed by atoms with Crippen molar-refractivity contribution >= 4 is 119 Å². The van der Waals surface area contributed by atoms with Gasteiger partial charge in [-0.2, -0.15) is 0 Å². The molecule has 0 amide bonds. The first-order valence-corrected chi connectivity index (χ1v) is 39.0. The SMILES string of the molecule is CC1(C)OB(c2cccc3c2c2cc(-c4ccccc4)ccc2n3-c2ccccc2)OC1(C)C.Cc1cccc(-c2nc(-c3ccccc3)c3sc4ccccc4c3n2)c1.c1ccc(-c2ccc3c(c2)c2c(-c4cccc(-c5nc(-c6ccccc6)c6sc7ccccc7c6n5)c4)cccc2n3-c2ccccc2)cc1. The van der Waals surface area contributed by atoms with Crippen molar-refractivity contribution in [2.75, 3.05) is 0 Å². The first-order chi connectivity index (χ1) is 53.9. The molecule has 0 atom stereocenters. The number of thiophene rings is 2. The molecule has 1 aliphatic heterocycles. The highest BCUT2D eigenvalue weighted by Gasteiger charge is 2.52. The second-order valence-corrected chi connectivity index (χ2v) is 31.2. The third kappa shape index (κ3) is 12.3. The highest BCUT2D eigenvalue weighted by atomic mass is 32.1. The average Bonchev–Trinajstić information content (AvgIpc) is 1.57. The van der Waals surface area contributed by atoms with E-state index in [9.17, 15) is 0 Å². The molecule has 14 aromatic carbocycles. The number of hydrogen-bond acceptors (Lipinski definition) is 8. The van der Waals surface area contributed by atoms with E-state index >= 15 is 0 Å². The molecule has 1 saturated heterocycles. The number of rotatable bonds is 10. The van der Waals surface area contributed by atoms with Crippen molar-refractivity contribution in [3.8, 4) is 90.0 Å². The zero-order chi connectivity index (χ0) is 74.0. The summed E-state index contributed by atoms with van der Waals surface area (Å²) >= 11 is 3.53. The normalized spacial score (nSPS) is 13.2. The molecular formula is C99H73BN6O2S2. The molecule has 110 heavy (non-hydrogen) atoms. The Morgan fingerprint density at radius 1 is 0.300 bits per heavy atom. The van der Waals surface area contributed by atoms with Gasteiger partial charge in [-0.3, -0.25) is 0 Å². The molecule has 0 saturated carbocycles. The second kappa shape index (κ2) is 28.1. The molecule has 8 nitrogen and oxygen atoms in total. The summed E-state index contributed by atoms with van der Waals surface area (Å²) in [6.07, 6.45) is 0. The minimum atomic E-state index is -0.427. The van der Waals surface area contributed by atoms with E-state index < -0.39 is 18.3 Å². The standard InChI is InChI=1S/C46H29N3S.C30H28BNO2.C23H16N2S/c1-4-14-30(15-5-1)32-26-27-39-38(29-32)42-36(23-13-24-40(42)49(39)35-20-8-3-9-21-35)33-18-12-19-34(28-33)46-47-43(31-16-6-2-7-17-31)45-44(48-46)37-22-10-11-25-41(37)50-45;1-29(2)30(3,4)34-31(33-29)25-16-11-17-27-28(25)24-20-22(21-12-7-5-8-13-21)18-19-26(24)32(27)23-14-9-6-10-15-23;1-15-8-7-11-17(14-15)23-24-20(16-9-3-2-4-10-16)22-21(25-23)18-12-5-6-13-19(18)26-22/h1-29H;5-20H,1-4H3;2-14H,1H3. The lowest BCUT2D eigenvalue weighted by Gasteiger charge is -2.32. The van der Waals surface area contributed by atoms with Gasteiger partial charge in [-0.1, -0.05) is 272 Å². The highest BCUT2D eigenvalue weighted by Crippen LogP contribution is 2.46. The van der Waals surface area contributed by atoms with Crippen LogP contribution < -0.4 is 5.46 Å². The molecule has 0 spiro atoms. The van der Waals surface area contributed by atoms with Crippen LogP contribution in [0.5, 0.6) is 0 Å². The molecule has 1 fully saturated rings. The van der Waals surface area contributed by atoms with Gasteiger partial charge < -0.3 is 18.4 Å². The Labute approximate surface area is 646 Å². The van der Waals surface area contributed by atoms with Crippen LogP contribution in [0.25, 0.3) is 174 Å². The summed E-state index contributed by atoms with van der Waals surface area (Å²) in [5.74, 6) is 1.51. The molecule has 0 unspecified atom stereocenters. The van der Waals surface area contributed by atoms with Crippen LogP contribution in [0.3, 0.4) is 0 Å². The number of para-hydroxylation sites is 2. The van der Waals surface area contributed by atoms with Crippen molar-refractivity contribution in [2.45, 2.75) is 45.8 Å². The van der Waals surface area contributed by atoms with E-state index in [1.54, 1.807) is 22.7 Å². The number of aryl methyl sites for hydroxylation is 1. The Hall–Kier alpha value is -12.7. The van der Waals surface area contributed by atoms with Crippen molar-refractivity contribution in [3.05, 3.63) is 357 Å². The summed E-state index contributed by atoms with van der Waals surface area (Å²) in [5.41, 5.74) is 23.9. The van der Waals surface area contributed by atoms with Crippen LogP contribution in [-0.2, 0) is 9.31 Å². The lowest BCUT2D eigenvalue weighted by molar-refractivity contribution is 0.00578. The fourth-order valence-corrected chi connectivity index (χ4v) is 17.8. The van der Waals surface area contributed by atoms with Crippen molar-refractivity contribution in [2.24, 2.45) is 0 Å². The van der Waals surface area contributed by atoms with E-state index in [0.29, 0.717) is 0 Å². The first-order valence-electron chi connectivity index (χ1n) is 37.3. The zero-order valence-corrected chi connectivity index (χ0v) is 63.0. The smallest absolute Gasteiger partial charge is 0.399 e. The summed E-state index contributed by atoms with van der Waals surface area (Å²) in [4.78, 5) is 20.5. The molecule has 7 heterocycles. The molecule has 11 heteroatoms. The van der Waals surface area contributed by atoms with E-state index in [1.165, 1.54) is 86.3 Å². The van der Waals surface area contributed by atoms with Crippen molar-refractivity contribution < 1.29 is 9.31 Å². The zero-order valence-electron chi connectivity index (χ0n) is 61.4. The molecule has 6 aromatic heterocycles. The highest BCUT2D eigenvalue weighted by molar-refractivity contribution is 7.26. The Balaban J connectivity index is 0.000000119. The maximum atomic E-state index is 6.51. The number of benzene rings is 14. The van der Waals surface area contributed by atoms with Crippen LogP contribution in [0.1, 0.15) is 33.3 Å². The monoisotopic (exact) mass is 1450 g/mol. The largest absolute Gasteiger partial charge is 0.495 e. The molecule has 21 rings (SSSR count). The number of nitrogens with zero attached hydrogens (tertiary/aromatic N) is 6. The summed E-state index contributed by atoms with van der Waals surface area (Å²) in [6.45, 7) is 10.5. The molecule has 526 valence electrons. The van der Waals surface area contributed by atoms with E-state index in [0.717, 1.165) is 99.0 Å². The third-order valence-corrected chi connectivity index (χ3v) is 23.9. The number of aromatic nitrogens is 6. The van der Waals surface area contributed by atoms with Gasteiger partial charge in [0.15, 0.2) is 11.6 Å². The molecule has 0 bridgehead atoms. The van der Waals surface area contributed by atoms with Crippen LogP contribution in [-0.4, -0.2) is 47.4 Å². The number of hydrogen-bond donors (Lipinski definition) is 0. The third-order valence-electron chi connectivity index (χ3n) is 21.6. The molecule has 1 aliphatic rings. The predicted molar refractivity (Wildman–Crippen MR) is 463 cm³/mol. The molecule has 0 N–H and O–H groups in total. The Morgan fingerprint density at radius 3 is 1.18 bits per heavy atom. The van der Waals surface area contributed by atoms with Crippen molar-refractivity contribution in [3.63, 3.8) is 0 Å². The van der Waals surface area contributed by atoms with Gasteiger partial charge in [0.25, 0.3) is 0 Å². The van der Waals surface area contributed by atoms with E-state index in [2.05, 4.69) is 390 Å². The minimum Gasteiger partial charge on any atom is -0.399 e. The summed E-state index contributed by atoms with van der Waals surface area (Å²) in [6, 6.07) is 124. The fourth-order valence-electron chi connectivity index (χ4n) is 15.5. The lowest BCUT2D eigenvalue weighted by atomic mass is 9.76. The average molecular weight is 1450 g/mol. The van der Waals surface area contributed by atoms with Gasteiger partial charge in [0.2, 0.25) is 0 Å². The van der Waals surface area contributed by atoms with E-state index in [-0.39, 0.29) is 0 Å². The first kappa shape index (κ1) is 67.8.